The van der Waals surface area contributed by atoms with Gasteiger partial charge in [-0.05, 0) is 55.8 Å². The lowest BCUT2D eigenvalue weighted by Gasteiger charge is -2.14. The SMILES string of the molecule is Cc1ccc(S(=O)(=O)n2cc(-c3c(-c4ccccc4)nc(C(C)O)n3Cc3ccc(Cl)cc3)c3ccc(Cl)cc32)cc1. The second-order valence-electron chi connectivity index (χ2n) is 10.2. The molecule has 212 valence electrons. The molecule has 0 amide bonds. The average molecular weight is 617 g/mol. The molecule has 6 aromatic rings. The average Bonchev–Trinajstić information content (AvgIpc) is 3.53. The fourth-order valence-corrected chi connectivity index (χ4v) is 6.83. The van der Waals surface area contributed by atoms with Gasteiger partial charge < -0.3 is 9.67 Å². The van der Waals surface area contributed by atoms with Gasteiger partial charge in [-0.15, -0.1) is 0 Å². The van der Waals surface area contributed by atoms with E-state index in [-0.39, 0.29) is 4.90 Å². The van der Waals surface area contributed by atoms with E-state index in [1.807, 2.05) is 72.2 Å². The number of nitrogens with zero attached hydrogens (tertiary/aromatic N) is 3. The molecule has 0 saturated heterocycles. The van der Waals surface area contributed by atoms with E-state index in [4.69, 9.17) is 28.2 Å². The highest BCUT2D eigenvalue weighted by molar-refractivity contribution is 7.90. The number of aliphatic hydroxyl groups is 1. The maximum atomic E-state index is 14.0. The topological polar surface area (TPSA) is 77.1 Å². The van der Waals surface area contributed by atoms with Crippen LogP contribution in [0.5, 0.6) is 0 Å². The Morgan fingerprint density at radius 1 is 0.881 bits per heavy atom. The highest BCUT2D eigenvalue weighted by atomic mass is 35.5. The molecule has 0 aliphatic heterocycles. The molecule has 4 aromatic carbocycles. The number of benzene rings is 4. The minimum Gasteiger partial charge on any atom is -0.385 e. The second-order valence-corrected chi connectivity index (χ2v) is 12.9. The van der Waals surface area contributed by atoms with Crippen molar-refractivity contribution >= 4 is 44.1 Å². The number of imidazole rings is 1. The summed E-state index contributed by atoms with van der Waals surface area (Å²) in [6.45, 7) is 3.95. The summed E-state index contributed by atoms with van der Waals surface area (Å²) in [6.07, 6.45) is 0.733. The van der Waals surface area contributed by atoms with E-state index in [0.29, 0.717) is 50.3 Å². The van der Waals surface area contributed by atoms with Crippen molar-refractivity contribution in [2.24, 2.45) is 0 Å². The van der Waals surface area contributed by atoms with Crippen LogP contribution in [0.25, 0.3) is 33.4 Å². The number of hydrogen-bond donors (Lipinski definition) is 1. The molecular formula is C33H27Cl2N3O3S. The van der Waals surface area contributed by atoms with Crippen LogP contribution >= 0.6 is 23.2 Å². The summed E-state index contributed by atoms with van der Waals surface area (Å²) >= 11 is 12.6. The van der Waals surface area contributed by atoms with Gasteiger partial charge in [-0.2, -0.15) is 0 Å². The Morgan fingerprint density at radius 2 is 1.55 bits per heavy atom. The minimum absolute atomic E-state index is 0.166. The lowest BCUT2D eigenvalue weighted by atomic mass is 10.0. The van der Waals surface area contributed by atoms with E-state index >= 15 is 0 Å². The third-order valence-electron chi connectivity index (χ3n) is 7.24. The molecule has 42 heavy (non-hydrogen) atoms. The van der Waals surface area contributed by atoms with Crippen LogP contribution in [0, 0.1) is 6.92 Å². The molecule has 9 heteroatoms. The predicted octanol–water partition coefficient (Wildman–Crippen LogP) is 8.13. The molecule has 2 aromatic heterocycles. The summed E-state index contributed by atoms with van der Waals surface area (Å²) in [6, 6.07) is 29.1. The van der Waals surface area contributed by atoms with E-state index < -0.39 is 16.1 Å². The Kier molecular flexibility index (Phi) is 7.45. The maximum absolute atomic E-state index is 14.0. The van der Waals surface area contributed by atoms with E-state index in [9.17, 15) is 13.5 Å². The smallest absolute Gasteiger partial charge is 0.268 e. The molecule has 1 unspecified atom stereocenters. The van der Waals surface area contributed by atoms with Crippen molar-refractivity contribution < 1.29 is 13.5 Å². The third kappa shape index (κ3) is 5.14. The van der Waals surface area contributed by atoms with Crippen LogP contribution in [0.3, 0.4) is 0 Å². The van der Waals surface area contributed by atoms with Gasteiger partial charge in [-0.25, -0.2) is 17.4 Å². The molecule has 1 atom stereocenters. The van der Waals surface area contributed by atoms with Gasteiger partial charge in [0.15, 0.2) is 0 Å². The van der Waals surface area contributed by atoms with Gasteiger partial charge >= 0.3 is 0 Å². The first kappa shape index (κ1) is 28.2. The normalized spacial score (nSPS) is 12.6. The molecule has 0 fully saturated rings. The summed E-state index contributed by atoms with van der Waals surface area (Å²) in [5.74, 6) is 0.454. The highest BCUT2D eigenvalue weighted by Gasteiger charge is 2.28. The summed E-state index contributed by atoms with van der Waals surface area (Å²) < 4.78 is 31.3. The van der Waals surface area contributed by atoms with Crippen molar-refractivity contribution in [3.8, 4) is 22.5 Å². The molecule has 0 saturated carbocycles. The molecule has 0 radical (unpaired) electrons. The van der Waals surface area contributed by atoms with Crippen molar-refractivity contribution in [3.05, 3.63) is 130 Å². The number of halogens is 2. The Labute approximate surface area is 254 Å². The van der Waals surface area contributed by atoms with Crippen LogP contribution in [-0.4, -0.2) is 27.0 Å². The number of hydrogen-bond acceptors (Lipinski definition) is 4. The first-order valence-corrected chi connectivity index (χ1v) is 15.5. The van der Waals surface area contributed by atoms with Crippen molar-refractivity contribution in [1.82, 2.24) is 13.5 Å². The van der Waals surface area contributed by atoms with Crippen LogP contribution in [0.15, 0.2) is 108 Å². The summed E-state index contributed by atoms with van der Waals surface area (Å²) in [7, 11) is -3.99. The van der Waals surface area contributed by atoms with E-state index in [1.165, 1.54) is 3.97 Å². The fourth-order valence-electron chi connectivity index (χ4n) is 5.17. The van der Waals surface area contributed by atoms with Gasteiger partial charge in [0.1, 0.15) is 11.9 Å². The summed E-state index contributed by atoms with van der Waals surface area (Å²) in [4.78, 5) is 5.10. The zero-order chi connectivity index (χ0) is 29.6. The molecular weight excluding hydrogens is 589 g/mol. The van der Waals surface area contributed by atoms with Crippen molar-refractivity contribution in [2.45, 2.75) is 31.4 Å². The standard InChI is InChI=1S/C33H27Cl2N3O3S/c1-21-8-15-27(16-9-21)42(40,41)38-20-29(28-17-14-26(35)18-30(28)38)32-31(24-6-4-3-5-7-24)36-33(22(2)39)37(32)19-23-10-12-25(34)13-11-23/h3-18,20,22,39H,19H2,1-2H3. The third-order valence-corrected chi connectivity index (χ3v) is 9.41. The van der Waals surface area contributed by atoms with Gasteiger partial charge in [0.25, 0.3) is 10.0 Å². The zero-order valence-electron chi connectivity index (χ0n) is 22.9. The first-order valence-electron chi connectivity index (χ1n) is 13.3. The van der Waals surface area contributed by atoms with Gasteiger partial charge in [-0.1, -0.05) is 89.4 Å². The Hall–Kier alpha value is -3.88. The van der Waals surface area contributed by atoms with Gasteiger partial charge in [0, 0.05) is 39.3 Å². The molecule has 0 aliphatic rings. The molecule has 6 nitrogen and oxygen atoms in total. The lowest BCUT2D eigenvalue weighted by Crippen LogP contribution is -2.12. The van der Waals surface area contributed by atoms with Crippen LogP contribution < -0.4 is 0 Å². The fraction of sp³-hybridized carbons (Fsp3) is 0.121. The van der Waals surface area contributed by atoms with E-state index in [2.05, 4.69) is 0 Å². The van der Waals surface area contributed by atoms with Crippen LogP contribution in [0.2, 0.25) is 10.0 Å². The van der Waals surface area contributed by atoms with Gasteiger partial charge in [-0.3, -0.25) is 0 Å². The Morgan fingerprint density at radius 3 is 2.21 bits per heavy atom. The van der Waals surface area contributed by atoms with E-state index in [0.717, 1.165) is 16.7 Å². The Balaban J connectivity index is 1.68. The minimum atomic E-state index is -3.99. The van der Waals surface area contributed by atoms with Gasteiger partial charge in [0.2, 0.25) is 0 Å². The number of aliphatic hydroxyl groups excluding tert-OH is 1. The molecule has 2 heterocycles. The molecule has 0 bridgehead atoms. The number of aryl methyl sites for hydroxylation is 1. The zero-order valence-corrected chi connectivity index (χ0v) is 25.2. The van der Waals surface area contributed by atoms with Crippen LogP contribution in [-0.2, 0) is 16.6 Å². The van der Waals surface area contributed by atoms with Crippen molar-refractivity contribution in [1.29, 1.82) is 0 Å². The summed E-state index contributed by atoms with van der Waals surface area (Å²) in [5.41, 5.74) is 5.12. The molecule has 1 N–H and O–H groups in total. The highest BCUT2D eigenvalue weighted by Crippen LogP contribution is 2.41. The number of aromatic nitrogens is 3. The summed E-state index contributed by atoms with van der Waals surface area (Å²) in [5, 5.41) is 12.6. The van der Waals surface area contributed by atoms with Crippen molar-refractivity contribution in [3.63, 3.8) is 0 Å². The van der Waals surface area contributed by atoms with Crippen molar-refractivity contribution in [2.75, 3.05) is 0 Å². The largest absolute Gasteiger partial charge is 0.385 e. The monoisotopic (exact) mass is 615 g/mol. The molecule has 0 aliphatic carbocycles. The predicted molar refractivity (Wildman–Crippen MR) is 169 cm³/mol. The molecule has 6 rings (SSSR count). The number of rotatable bonds is 7. The van der Waals surface area contributed by atoms with E-state index in [1.54, 1.807) is 49.5 Å². The lowest BCUT2D eigenvalue weighted by molar-refractivity contribution is 0.184. The Bertz CT molecular complexity index is 2010. The quantitative estimate of drug-likeness (QED) is 0.197. The second kappa shape index (κ2) is 11.1. The van der Waals surface area contributed by atoms with Gasteiger partial charge in [0.05, 0.1) is 21.8 Å². The maximum Gasteiger partial charge on any atom is 0.268 e. The first-order chi connectivity index (χ1) is 20.1. The number of fused-ring (bicyclic) bond motifs is 1. The van der Waals surface area contributed by atoms with Crippen LogP contribution in [0.1, 0.15) is 30.0 Å². The van der Waals surface area contributed by atoms with Crippen LogP contribution in [0.4, 0.5) is 0 Å². The molecule has 0 spiro atoms.